The normalized spacial score (nSPS) is 10.2. The Bertz CT molecular complexity index is 503. The fraction of sp³-hybridized carbons (Fsp3) is 0.214. The quantitative estimate of drug-likeness (QED) is 0.846. The molecular formula is C14H17N3. The summed E-state index contributed by atoms with van der Waals surface area (Å²) in [6, 6.07) is 12.1. The molecule has 3 nitrogen and oxygen atoms in total. The van der Waals surface area contributed by atoms with Crippen LogP contribution in [0.3, 0.4) is 0 Å². The van der Waals surface area contributed by atoms with Crippen LogP contribution in [0.5, 0.6) is 0 Å². The van der Waals surface area contributed by atoms with Crippen LogP contribution in [-0.2, 0) is 6.42 Å². The molecule has 17 heavy (non-hydrogen) atoms. The topological polar surface area (TPSA) is 50.9 Å². The lowest BCUT2D eigenvalue weighted by molar-refractivity contribution is 1.12. The molecule has 0 bridgehead atoms. The van der Waals surface area contributed by atoms with E-state index in [1.54, 1.807) is 0 Å². The minimum absolute atomic E-state index is 0.555. The molecule has 3 heteroatoms. The molecule has 0 radical (unpaired) electrons. The number of benzene rings is 1. The number of nitrogens with two attached hydrogens (primary N) is 1. The second-order valence-electron chi connectivity index (χ2n) is 4.13. The first-order chi connectivity index (χ1) is 8.17. The van der Waals surface area contributed by atoms with Crippen LogP contribution >= 0.6 is 0 Å². The number of nitrogen functional groups attached to an aromatic ring is 1. The van der Waals surface area contributed by atoms with Gasteiger partial charge in [-0.2, -0.15) is 0 Å². The maximum absolute atomic E-state index is 5.76. The highest BCUT2D eigenvalue weighted by atomic mass is 15.0. The summed E-state index contributed by atoms with van der Waals surface area (Å²) in [5, 5.41) is 3.26. The Kier molecular flexibility index (Phi) is 3.28. The van der Waals surface area contributed by atoms with Crippen molar-refractivity contribution in [2.75, 3.05) is 11.1 Å². The van der Waals surface area contributed by atoms with Gasteiger partial charge in [-0.15, -0.1) is 0 Å². The number of hydrogen-bond donors (Lipinski definition) is 2. The van der Waals surface area contributed by atoms with Gasteiger partial charge >= 0.3 is 0 Å². The molecule has 0 fully saturated rings. The molecule has 0 saturated carbocycles. The third-order valence-electron chi connectivity index (χ3n) is 2.64. The van der Waals surface area contributed by atoms with Crippen LogP contribution in [0.2, 0.25) is 0 Å². The van der Waals surface area contributed by atoms with E-state index in [-0.39, 0.29) is 0 Å². The molecule has 1 aromatic carbocycles. The van der Waals surface area contributed by atoms with Crippen molar-refractivity contribution in [2.45, 2.75) is 20.3 Å². The first-order valence-corrected chi connectivity index (χ1v) is 5.77. The number of anilines is 3. The van der Waals surface area contributed by atoms with Crippen molar-refractivity contribution in [1.82, 2.24) is 4.98 Å². The Balaban J connectivity index is 2.23. The van der Waals surface area contributed by atoms with E-state index < -0.39 is 0 Å². The fourth-order valence-corrected chi connectivity index (χ4v) is 1.66. The highest BCUT2D eigenvalue weighted by Gasteiger charge is 2.00. The summed E-state index contributed by atoms with van der Waals surface area (Å²) in [4.78, 5) is 4.27. The standard InChI is InChI=1S/C14H17N3/c1-3-11-8-13(15)17-14(9-11)16-12-6-4-10(2)5-7-12/h4-9H,3H2,1-2H3,(H3,15,16,17). The number of nitrogens with zero attached hydrogens (tertiary/aromatic N) is 1. The van der Waals surface area contributed by atoms with Crippen molar-refractivity contribution < 1.29 is 0 Å². The van der Waals surface area contributed by atoms with E-state index in [0.717, 1.165) is 17.9 Å². The van der Waals surface area contributed by atoms with Gasteiger partial charge in [-0.05, 0) is 43.2 Å². The predicted octanol–water partition coefficient (Wildman–Crippen LogP) is 3.28. The largest absolute Gasteiger partial charge is 0.384 e. The average molecular weight is 227 g/mol. The summed E-state index contributed by atoms with van der Waals surface area (Å²) < 4.78 is 0. The minimum atomic E-state index is 0.555. The molecule has 0 aliphatic rings. The van der Waals surface area contributed by atoms with Crippen molar-refractivity contribution in [3.05, 3.63) is 47.5 Å². The smallest absolute Gasteiger partial charge is 0.133 e. The number of aromatic nitrogens is 1. The van der Waals surface area contributed by atoms with Gasteiger partial charge in [0.05, 0.1) is 0 Å². The van der Waals surface area contributed by atoms with Gasteiger partial charge in [0.15, 0.2) is 0 Å². The van der Waals surface area contributed by atoms with Crippen molar-refractivity contribution >= 4 is 17.3 Å². The second kappa shape index (κ2) is 4.87. The van der Waals surface area contributed by atoms with Gasteiger partial charge in [0.2, 0.25) is 0 Å². The van der Waals surface area contributed by atoms with Crippen LogP contribution in [0, 0.1) is 6.92 Å². The molecule has 0 amide bonds. The lowest BCUT2D eigenvalue weighted by Crippen LogP contribution is -1.99. The third-order valence-corrected chi connectivity index (χ3v) is 2.64. The molecule has 3 N–H and O–H groups in total. The van der Waals surface area contributed by atoms with E-state index in [1.165, 1.54) is 11.1 Å². The fourth-order valence-electron chi connectivity index (χ4n) is 1.66. The summed E-state index contributed by atoms with van der Waals surface area (Å²) >= 11 is 0. The second-order valence-corrected chi connectivity index (χ2v) is 4.13. The van der Waals surface area contributed by atoms with E-state index in [0.29, 0.717) is 5.82 Å². The van der Waals surface area contributed by atoms with Crippen molar-refractivity contribution in [3.63, 3.8) is 0 Å². The van der Waals surface area contributed by atoms with Gasteiger partial charge in [-0.1, -0.05) is 24.6 Å². The van der Waals surface area contributed by atoms with Crippen LogP contribution in [0.15, 0.2) is 36.4 Å². The highest BCUT2D eigenvalue weighted by molar-refractivity contribution is 5.59. The van der Waals surface area contributed by atoms with Crippen LogP contribution in [0.1, 0.15) is 18.1 Å². The van der Waals surface area contributed by atoms with Gasteiger partial charge in [0.25, 0.3) is 0 Å². The molecule has 0 saturated heterocycles. The van der Waals surface area contributed by atoms with Gasteiger partial charge in [0, 0.05) is 5.69 Å². The van der Waals surface area contributed by atoms with Crippen molar-refractivity contribution in [2.24, 2.45) is 0 Å². The Morgan fingerprint density at radius 2 is 1.88 bits per heavy atom. The first-order valence-electron chi connectivity index (χ1n) is 5.77. The molecule has 0 spiro atoms. The molecular weight excluding hydrogens is 210 g/mol. The molecule has 1 heterocycles. The molecule has 0 atom stereocenters. The third kappa shape index (κ3) is 2.97. The zero-order chi connectivity index (χ0) is 12.3. The number of rotatable bonds is 3. The van der Waals surface area contributed by atoms with Gasteiger partial charge in [0.1, 0.15) is 11.6 Å². The number of pyridine rings is 1. The maximum Gasteiger partial charge on any atom is 0.133 e. The first kappa shape index (κ1) is 11.5. The molecule has 88 valence electrons. The van der Waals surface area contributed by atoms with Crippen LogP contribution in [0.25, 0.3) is 0 Å². The van der Waals surface area contributed by atoms with Crippen LogP contribution in [0.4, 0.5) is 17.3 Å². The lowest BCUT2D eigenvalue weighted by atomic mass is 10.2. The Morgan fingerprint density at radius 3 is 2.53 bits per heavy atom. The Labute approximate surface area is 102 Å². The molecule has 0 unspecified atom stereocenters. The summed E-state index contributed by atoms with van der Waals surface area (Å²) in [6.45, 7) is 4.17. The minimum Gasteiger partial charge on any atom is -0.384 e. The number of aryl methyl sites for hydroxylation is 2. The predicted molar refractivity (Wildman–Crippen MR) is 72.5 cm³/mol. The highest BCUT2D eigenvalue weighted by Crippen LogP contribution is 2.18. The monoisotopic (exact) mass is 227 g/mol. The Hall–Kier alpha value is -2.03. The van der Waals surface area contributed by atoms with Crippen molar-refractivity contribution in [1.29, 1.82) is 0 Å². The molecule has 0 aliphatic carbocycles. The van der Waals surface area contributed by atoms with E-state index >= 15 is 0 Å². The molecule has 2 rings (SSSR count). The molecule has 0 aliphatic heterocycles. The van der Waals surface area contributed by atoms with E-state index in [1.807, 2.05) is 24.3 Å². The molecule has 2 aromatic rings. The zero-order valence-electron chi connectivity index (χ0n) is 10.2. The SMILES string of the molecule is CCc1cc(N)nc(Nc2ccc(C)cc2)c1. The summed E-state index contributed by atoms with van der Waals surface area (Å²) in [7, 11) is 0. The van der Waals surface area contributed by atoms with Gasteiger partial charge in [-0.25, -0.2) is 4.98 Å². The number of hydrogen-bond acceptors (Lipinski definition) is 3. The van der Waals surface area contributed by atoms with E-state index in [2.05, 4.69) is 36.3 Å². The molecule has 1 aromatic heterocycles. The van der Waals surface area contributed by atoms with Gasteiger partial charge < -0.3 is 11.1 Å². The Morgan fingerprint density at radius 1 is 1.18 bits per heavy atom. The van der Waals surface area contributed by atoms with Crippen molar-refractivity contribution in [3.8, 4) is 0 Å². The summed E-state index contributed by atoms with van der Waals surface area (Å²) in [5.41, 5.74) is 9.21. The van der Waals surface area contributed by atoms with Crippen LogP contribution < -0.4 is 11.1 Å². The zero-order valence-corrected chi connectivity index (χ0v) is 10.2. The average Bonchev–Trinajstić information content (AvgIpc) is 2.31. The summed E-state index contributed by atoms with van der Waals surface area (Å²) in [5.74, 6) is 1.35. The van der Waals surface area contributed by atoms with Gasteiger partial charge in [-0.3, -0.25) is 0 Å². The van der Waals surface area contributed by atoms with E-state index in [9.17, 15) is 0 Å². The number of nitrogens with one attached hydrogen (secondary N) is 1. The van der Waals surface area contributed by atoms with Crippen LogP contribution in [-0.4, -0.2) is 4.98 Å². The lowest BCUT2D eigenvalue weighted by Gasteiger charge is -2.08. The maximum atomic E-state index is 5.76. The van der Waals surface area contributed by atoms with E-state index in [4.69, 9.17) is 5.73 Å². The summed E-state index contributed by atoms with van der Waals surface area (Å²) in [6.07, 6.45) is 0.954.